The lowest BCUT2D eigenvalue weighted by molar-refractivity contribution is -0.396. The molecule has 5 aliphatic heterocycles. The number of carbonyl (C=O) groups is 1. The molecule has 0 aromatic rings. The highest BCUT2D eigenvalue weighted by Crippen LogP contribution is 2.76. The van der Waals surface area contributed by atoms with Crippen LogP contribution in [-0.4, -0.2) is 276 Å². The molecular weight excluding hydrogens is 1150 g/mol. The third-order valence-corrected chi connectivity index (χ3v) is 23.5. The molecular formula is C60H98O27. The van der Waals surface area contributed by atoms with Crippen LogP contribution in [0.4, 0.5) is 0 Å². The topological polar surface area (TPSA) is 422 Å². The minimum absolute atomic E-state index is 0.0268. The smallest absolute Gasteiger partial charge is 0.337 e. The Labute approximate surface area is 506 Å². The van der Waals surface area contributed by atoms with Crippen LogP contribution in [0.2, 0.25) is 0 Å². The van der Waals surface area contributed by atoms with E-state index in [1.54, 1.807) is 0 Å². The van der Waals surface area contributed by atoms with Gasteiger partial charge in [0.2, 0.25) is 0 Å². The Bertz CT molecular complexity index is 2420. The predicted molar refractivity (Wildman–Crippen MR) is 294 cm³/mol. The summed E-state index contributed by atoms with van der Waals surface area (Å²) in [6, 6.07) is 0. The van der Waals surface area contributed by atoms with Crippen LogP contribution in [0.1, 0.15) is 113 Å². The number of carbonyl (C=O) groups excluding carboxylic acids is 1. The maximum atomic E-state index is 13.2. The molecule has 27 nitrogen and oxygen atoms in total. The number of rotatable bonds is 14. The van der Waals surface area contributed by atoms with Gasteiger partial charge in [-0.25, -0.2) is 4.79 Å². The molecule has 0 bridgehead atoms. The van der Waals surface area contributed by atoms with Gasteiger partial charge in [-0.05, 0) is 104 Å². The zero-order valence-corrected chi connectivity index (χ0v) is 51.1. The average molecular weight is 1250 g/mol. The van der Waals surface area contributed by atoms with Gasteiger partial charge in [-0.2, -0.15) is 0 Å². The molecule has 34 atom stereocenters. The van der Waals surface area contributed by atoms with Crippen LogP contribution >= 0.6 is 0 Å². The van der Waals surface area contributed by atoms with Crippen LogP contribution < -0.4 is 0 Å². The SMILES string of the molecule is COC(=O)[C@H]1O[C@@H](O[C@H]2CC[C@@]3(C)[C@@H](CC[C@]4(C)[C@@H]3CC=C3[C@@H]5CC(C)(C)C[C@@H](O[C@@H]6OC[C@@H](O)[C@H](O)[C@H]6O[C@@H]6O[C@H](CO)[C@@H](O)[C@H](O)[C@H]6O)[C@]5(C)CC[C@]34C)[C@@]2(C)CO)[C@H](O[C@@H]2O[C@H](CO)[C@@H](O)[C@H](O)[C@H]2O[C@@H]2O[C@@H](C)[C@H](O)[C@@H](O)[C@H]2O)[C@@H](O)[C@@H]1O. The molecule has 0 unspecified atom stereocenters. The van der Waals surface area contributed by atoms with Gasteiger partial charge in [0.25, 0.3) is 0 Å². The number of allylic oxidation sites excluding steroid dienone is 2. The second kappa shape index (κ2) is 25.2. The van der Waals surface area contributed by atoms with E-state index in [2.05, 4.69) is 47.6 Å². The van der Waals surface area contributed by atoms with E-state index in [1.165, 1.54) is 12.5 Å². The van der Waals surface area contributed by atoms with Crippen LogP contribution in [0.25, 0.3) is 0 Å². The van der Waals surface area contributed by atoms with E-state index in [-0.39, 0.29) is 47.2 Å². The third kappa shape index (κ3) is 11.4. The monoisotopic (exact) mass is 1250 g/mol. The van der Waals surface area contributed by atoms with Gasteiger partial charge in [-0.3, -0.25) is 0 Å². The van der Waals surface area contributed by atoms with Crippen molar-refractivity contribution in [2.75, 3.05) is 33.5 Å². The van der Waals surface area contributed by atoms with Gasteiger partial charge in [0, 0.05) is 10.8 Å². The van der Waals surface area contributed by atoms with E-state index in [9.17, 15) is 81.4 Å². The Morgan fingerprint density at radius 1 is 0.540 bits per heavy atom. The van der Waals surface area contributed by atoms with Crippen LogP contribution in [0.5, 0.6) is 0 Å². The van der Waals surface area contributed by atoms with Gasteiger partial charge in [0.05, 0.1) is 51.8 Å². The van der Waals surface area contributed by atoms with E-state index < -0.39 is 195 Å². The van der Waals surface area contributed by atoms with Gasteiger partial charge in [0.15, 0.2) is 37.6 Å². The van der Waals surface area contributed by atoms with Crippen molar-refractivity contribution in [2.24, 2.45) is 50.2 Å². The van der Waals surface area contributed by atoms with Crippen molar-refractivity contribution < 1.29 is 133 Å². The molecule has 87 heavy (non-hydrogen) atoms. The van der Waals surface area contributed by atoms with Gasteiger partial charge >= 0.3 is 5.97 Å². The number of hydrogen-bond acceptors (Lipinski definition) is 27. The molecule has 0 amide bonds. The van der Waals surface area contributed by atoms with E-state index >= 15 is 0 Å². The molecule has 0 aromatic carbocycles. The highest BCUT2D eigenvalue weighted by atomic mass is 16.8. The standard InChI is InChI=1S/C60H98O27/c1-24-34(65)38(69)43(74)50(79-24)86-47-40(71)37(68)29(21-62)81-53(47)87-48-42(73)41(72)45(49(76)77-9)84-54(48)82-32-13-14-57(5)30(58(32,6)23-63)12-15-60(8)31(57)11-10-25-26-18-55(2,3)19-33(56(26,4)16-17-59(25,60)7)83-52-46(35(66)27(64)22-78-52)85-51-44(75)39(70)36(67)28(20-61)80-51/h10,24,26-48,50-54,61-75H,11-23H2,1-9H3/t24-,26-,27+,28+,29+,30+,31+,32-,33+,34-,35-,36+,37+,38+,39-,40-,41-,42-,43+,44+,45-,46+,47+,48+,50-,51-,52-,53-,54+,56+,57-,58+,59+,60+/m0/s1. The molecule has 0 radical (unpaired) electrons. The molecule has 0 aromatic heterocycles. The second-order valence-corrected chi connectivity index (χ2v) is 29.0. The Hall–Kier alpha value is -1.79. The lowest BCUT2D eigenvalue weighted by Gasteiger charge is -2.72. The molecule has 5 saturated heterocycles. The third-order valence-electron chi connectivity index (χ3n) is 23.5. The molecule has 5 heterocycles. The summed E-state index contributed by atoms with van der Waals surface area (Å²) in [6.07, 6.45) is -32.8. The van der Waals surface area contributed by atoms with Crippen molar-refractivity contribution in [3.05, 3.63) is 11.6 Å². The zero-order valence-electron chi connectivity index (χ0n) is 51.1. The van der Waals surface area contributed by atoms with E-state index in [0.717, 1.165) is 39.2 Å². The molecule has 15 N–H and O–H groups in total. The van der Waals surface area contributed by atoms with Gasteiger partial charge in [-0.15, -0.1) is 0 Å². The van der Waals surface area contributed by atoms with Crippen molar-refractivity contribution in [2.45, 2.75) is 273 Å². The molecule has 27 heteroatoms. The summed E-state index contributed by atoms with van der Waals surface area (Å²) in [5.74, 6) is -1.10. The molecule has 5 aliphatic carbocycles. The van der Waals surface area contributed by atoms with Crippen molar-refractivity contribution in [1.29, 1.82) is 0 Å². The first-order valence-electron chi connectivity index (χ1n) is 31.1. The molecule has 0 spiro atoms. The lowest BCUT2D eigenvalue weighted by Crippen LogP contribution is -2.68. The Balaban J connectivity index is 0.902. The van der Waals surface area contributed by atoms with Crippen molar-refractivity contribution in [3.8, 4) is 0 Å². The molecule has 10 aliphatic rings. The highest BCUT2D eigenvalue weighted by Gasteiger charge is 2.70. The number of ether oxygens (including phenoxy) is 11. The fourth-order valence-corrected chi connectivity index (χ4v) is 17.9. The summed E-state index contributed by atoms with van der Waals surface area (Å²) < 4.78 is 66.7. The quantitative estimate of drug-likeness (QED) is 0.0471. The summed E-state index contributed by atoms with van der Waals surface area (Å²) >= 11 is 0. The van der Waals surface area contributed by atoms with Crippen LogP contribution in [-0.2, 0) is 56.9 Å². The first kappa shape index (κ1) is 68.1. The number of aliphatic hydroxyl groups excluding tert-OH is 15. The largest absolute Gasteiger partial charge is 0.467 e. The highest BCUT2D eigenvalue weighted by molar-refractivity contribution is 5.75. The van der Waals surface area contributed by atoms with Crippen LogP contribution in [0.15, 0.2) is 11.6 Å². The van der Waals surface area contributed by atoms with Crippen LogP contribution in [0, 0.1) is 50.2 Å². The zero-order chi connectivity index (χ0) is 63.6. The maximum absolute atomic E-state index is 13.2. The van der Waals surface area contributed by atoms with Gasteiger partial charge in [0.1, 0.15) is 104 Å². The fraction of sp³-hybridized carbons (Fsp3) is 0.950. The first-order valence-corrected chi connectivity index (χ1v) is 31.1. The molecule has 4 saturated carbocycles. The number of methoxy groups -OCH3 is 1. The predicted octanol–water partition coefficient (Wildman–Crippen LogP) is -2.92. The second-order valence-electron chi connectivity index (χ2n) is 29.0. The number of esters is 1. The summed E-state index contributed by atoms with van der Waals surface area (Å²) in [5.41, 5.74) is -1.37. The summed E-state index contributed by atoms with van der Waals surface area (Å²) in [7, 11) is 1.07. The minimum Gasteiger partial charge on any atom is -0.467 e. The fourth-order valence-electron chi connectivity index (χ4n) is 17.9. The summed E-state index contributed by atoms with van der Waals surface area (Å²) in [5, 5.41) is 164. The normalized spacial score (nSPS) is 55.1. The van der Waals surface area contributed by atoms with Crippen LogP contribution in [0.3, 0.4) is 0 Å². The van der Waals surface area contributed by atoms with Gasteiger partial charge < -0.3 is 129 Å². The van der Waals surface area contributed by atoms with Crippen molar-refractivity contribution in [1.82, 2.24) is 0 Å². The average Bonchev–Trinajstić information content (AvgIpc) is 0.680. The molecule has 9 fully saturated rings. The van der Waals surface area contributed by atoms with E-state index in [0.29, 0.717) is 25.7 Å². The minimum atomic E-state index is -2.01. The summed E-state index contributed by atoms with van der Waals surface area (Å²) in [6.45, 7) is 14.9. The number of hydrogen-bond donors (Lipinski definition) is 15. The van der Waals surface area contributed by atoms with E-state index in [4.69, 9.17) is 52.1 Å². The Morgan fingerprint density at radius 2 is 1.09 bits per heavy atom. The molecule has 500 valence electrons. The molecule has 10 rings (SSSR count). The Kier molecular flexibility index (Phi) is 19.7. The lowest BCUT2D eigenvalue weighted by atomic mass is 9.33. The van der Waals surface area contributed by atoms with E-state index in [1.807, 2.05) is 6.92 Å². The maximum Gasteiger partial charge on any atom is 0.337 e. The van der Waals surface area contributed by atoms with Gasteiger partial charge in [-0.1, -0.05) is 60.1 Å². The number of fused-ring (bicyclic) bond motifs is 7. The van der Waals surface area contributed by atoms with Crippen molar-refractivity contribution in [3.63, 3.8) is 0 Å². The first-order chi connectivity index (χ1) is 40.8. The van der Waals surface area contributed by atoms with Crippen molar-refractivity contribution >= 4 is 5.97 Å². The summed E-state index contributed by atoms with van der Waals surface area (Å²) in [4.78, 5) is 13.2. The Morgan fingerprint density at radius 3 is 1.71 bits per heavy atom. The number of aliphatic hydroxyl groups is 15.